The molecule has 2 aliphatic rings. The molecule has 5 heavy (non-hydrogen) atoms. The Morgan fingerprint density at radius 1 is 1.80 bits per heavy atom. The highest BCUT2D eigenvalue weighted by Gasteiger charge is 2.34. The summed E-state index contributed by atoms with van der Waals surface area (Å²) < 4.78 is 0. The topological polar surface area (TPSA) is 0 Å². The van der Waals surface area contributed by atoms with Crippen molar-refractivity contribution in [3.63, 3.8) is 0 Å². The van der Waals surface area contributed by atoms with E-state index in [2.05, 4.69) is 6.08 Å². The molecule has 1 fully saturated rings. The van der Waals surface area contributed by atoms with Gasteiger partial charge in [-0.25, -0.2) is 0 Å². The second-order valence-electron chi connectivity index (χ2n) is 1.92. The van der Waals surface area contributed by atoms with Crippen LogP contribution >= 0.6 is 0 Å². The molecule has 0 spiro atoms. The van der Waals surface area contributed by atoms with Crippen LogP contribution in [0.5, 0.6) is 0 Å². The van der Waals surface area contributed by atoms with E-state index in [9.17, 15) is 0 Å². The van der Waals surface area contributed by atoms with Crippen LogP contribution in [0.15, 0.2) is 11.6 Å². The van der Waals surface area contributed by atoms with Crippen molar-refractivity contribution in [1.82, 2.24) is 0 Å². The minimum absolute atomic E-state index is 1.09. The van der Waals surface area contributed by atoms with Crippen molar-refractivity contribution in [2.24, 2.45) is 5.92 Å². The number of hydrogen-bond acceptors (Lipinski definition) is 0. The summed E-state index contributed by atoms with van der Waals surface area (Å²) >= 11 is 0. The van der Waals surface area contributed by atoms with Crippen molar-refractivity contribution in [3.8, 4) is 0 Å². The molecule has 1 atom stereocenters. The van der Waals surface area contributed by atoms with E-state index in [1.807, 2.05) is 0 Å². The molecule has 0 aromatic heterocycles. The summed E-state index contributed by atoms with van der Waals surface area (Å²) in [6.07, 6.45) is 5.18. The Bertz CT molecular complexity index is 88.2. The van der Waals surface area contributed by atoms with E-state index in [0.717, 1.165) is 5.92 Å². The fraction of sp³-hybridized carbons (Fsp3) is 0.600. The highest BCUT2D eigenvalue weighted by Crippen LogP contribution is 2.49. The van der Waals surface area contributed by atoms with Crippen molar-refractivity contribution in [3.05, 3.63) is 11.6 Å². The van der Waals surface area contributed by atoms with Crippen LogP contribution in [0.2, 0.25) is 0 Å². The minimum Gasteiger partial charge on any atom is -0.0844 e. The molecule has 0 heteroatoms. The SMILES string of the molecule is C1=C2CC2C1. The highest BCUT2D eigenvalue weighted by atomic mass is 14.4. The van der Waals surface area contributed by atoms with E-state index < -0.39 is 0 Å². The molecule has 0 nitrogen and oxygen atoms in total. The fourth-order valence-corrected chi connectivity index (χ4v) is 0.843. The molecular formula is C5H6. The standard InChI is InChI=1S/C5H6/c1-2-5-3-4(1)5/h1,5H,2-3H2. The zero-order valence-electron chi connectivity index (χ0n) is 3.07. The lowest BCUT2D eigenvalue weighted by Gasteiger charge is -1.91. The summed E-state index contributed by atoms with van der Waals surface area (Å²) in [5.74, 6) is 1.09. The molecule has 0 saturated heterocycles. The first-order valence-corrected chi connectivity index (χ1v) is 2.16. The molecule has 26 valence electrons. The molecule has 2 rings (SSSR count). The quantitative estimate of drug-likeness (QED) is 0.374. The largest absolute Gasteiger partial charge is 0.0844 e. The van der Waals surface area contributed by atoms with Gasteiger partial charge in [0.1, 0.15) is 0 Å². The van der Waals surface area contributed by atoms with Crippen LogP contribution in [0.1, 0.15) is 12.8 Å². The molecule has 2 aliphatic carbocycles. The first-order valence-electron chi connectivity index (χ1n) is 2.16. The summed E-state index contributed by atoms with van der Waals surface area (Å²) in [6, 6.07) is 0. The van der Waals surface area contributed by atoms with E-state index in [0.29, 0.717) is 0 Å². The molecule has 0 bridgehead atoms. The zero-order chi connectivity index (χ0) is 3.28. The van der Waals surface area contributed by atoms with Gasteiger partial charge in [0.25, 0.3) is 0 Å². The molecule has 0 amide bonds. The third-order valence-corrected chi connectivity index (χ3v) is 1.51. The average molecular weight is 66.1 g/mol. The van der Waals surface area contributed by atoms with Crippen LogP contribution in [0.3, 0.4) is 0 Å². The molecule has 1 unspecified atom stereocenters. The van der Waals surface area contributed by atoms with Crippen LogP contribution in [0.25, 0.3) is 0 Å². The molecule has 0 radical (unpaired) electrons. The second-order valence-corrected chi connectivity index (χ2v) is 1.92. The third kappa shape index (κ3) is 0.0982. The predicted octanol–water partition coefficient (Wildman–Crippen LogP) is 1.34. The maximum atomic E-state index is 2.34. The monoisotopic (exact) mass is 66.0 g/mol. The second kappa shape index (κ2) is 0.368. The zero-order valence-corrected chi connectivity index (χ0v) is 3.07. The number of rotatable bonds is 0. The van der Waals surface area contributed by atoms with Crippen molar-refractivity contribution in [2.75, 3.05) is 0 Å². The van der Waals surface area contributed by atoms with Crippen molar-refractivity contribution >= 4 is 0 Å². The molecule has 0 aliphatic heterocycles. The van der Waals surface area contributed by atoms with Gasteiger partial charge in [0.05, 0.1) is 0 Å². The van der Waals surface area contributed by atoms with E-state index in [1.54, 1.807) is 5.57 Å². The lowest BCUT2D eigenvalue weighted by atomic mass is 10.1. The summed E-state index contributed by atoms with van der Waals surface area (Å²) in [5, 5.41) is 0. The Kier molecular flexibility index (Phi) is 0.148. The van der Waals surface area contributed by atoms with E-state index in [4.69, 9.17) is 0 Å². The minimum atomic E-state index is 1.09. The maximum Gasteiger partial charge on any atom is -0.0131 e. The van der Waals surface area contributed by atoms with Crippen molar-refractivity contribution in [2.45, 2.75) is 12.8 Å². The molecule has 0 N–H and O–H groups in total. The predicted molar refractivity (Wildman–Crippen MR) is 20.8 cm³/mol. The van der Waals surface area contributed by atoms with Crippen molar-refractivity contribution in [1.29, 1.82) is 0 Å². The molecule has 0 aromatic carbocycles. The summed E-state index contributed by atoms with van der Waals surface area (Å²) in [7, 11) is 0. The van der Waals surface area contributed by atoms with Crippen LogP contribution in [-0.4, -0.2) is 0 Å². The summed E-state index contributed by atoms with van der Waals surface area (Å²) in [4.78, 5) is 0. The number of hydrogen-bond donors (Lipinski definition) is 0. The van der Waals surface area contributed by atoms with Gasteiger partial charge >= 0.3 is 0 Å². The van der Waals surface area contributed by atoms with Gasteiger partial charge in [0, 0.05) is 0 Å². The first-order chi connectivity index (χ1) is 2.47. The first kappa shape index (κ1) is 2.01. The van der Waals surface area contributed by atoms with Gasteiger partial charge in [-0.15, -0.1) is 0 Å². The van der Waals surface area contributed by atoms with Crippen LogP contribution in [0.4, 0.5) is 0 Å². The highest BCUT2D eigenvalue weighted by molar-refractivity contribution is 5.32. The van der Waals surface area contributed by atoms with E-state index in [-0.39, 0.29) is 0 Å². The Labute approximate surface area is 31.5 Å². The lowest BCUT2D eigenvalue weighted by Crippen LogP contribution is -1.77. The van der Waals surface area contributed by atoms with Gasteiger partial charge in [-0.3, -0.25) is 0 Å². The van der Waals surface area contributed by atoms with Gasteiger partial charge in [0.15, 0.2) is 0 Å². The lowest BCUT2D eigenvalue weighted by molar-refractivity contribution is 0.848. The molecular weight excluding hydrogens is 60.1 g/mol. The molecule has 1 saturated carbocycles. The van der Waals surface area contributed by atoms with Gasteiger partial charge in [-0.05, 0) is 18.8 Å². The molecule has 0 aromatic rings. The van der Waals surface area contributed by atoms with Gasteiger partial charge < -0.3 is 0 Å². The Morgan fingerprint density at radius 2 is 2.60 bits per heavy atom. The Morgan fingerprint density at radius 3 is 2.60 bits per heavy atom. The smallest absolute Gasteiger partial charge is 0.0131 e. The Hall–Kier alpha value is -0.260. The van der Waals surface area contributed by atoms with Gasteiger partial charge in [0.2, 0.25) is 0 Å². The van der Waals surface area contributed by atoms with E-state index in [1.165, 1.54) is 12.8 Å². The number of allylic oxidation sites excluding steroid dienone is 2. The average Bonchev–Trinajstić information content (AvgIpc) is 1.74. The van der Waals surface area contributed by atoms with Gasteiger partial charge in [-0.1, -0.05) is 11.6 Å². The normalized spacial score (nSPS) is 41.6. The van der Waals surface area contributed by atoms with Crippen LogP contribution in [0, 0.1) is 5.92 Å². The van der Waals surface area contributed by atoms with Gasteiger partial charge in [-0.2, -0.15) is 0 Å². The van der Waals surface area contributed by atoms with Crippen LogP contribution < -0.4 is 0 Å². The Balaban J connectivity index is 2.58. The fourth-order valence-electron chi connectivity index (χ4n) is 0.843. The van der Waals surface area contributed by atoms with Crippen molar-refractivity contribution < 1.29 is 0 Å². The maximum absolute atomic E-state index is 2.34. The third-order valence-electron chi connectivity index (χ3n) is 1.51. The summed E-state index contributed by atoms with van der Waals surface area (Å²) in [6.45, 7) is 0. The summed E-state index contributed by atoms with van der Waals surface area (Å²) in [5.41, 5.74) is 1.73. The molecule has 0 heterocycles. The van der Waals surface area contributed by atoms with E-state index >= 15 is 0 Å². The number of fused-ring (bicyclic) bond motifs is 1. The van der Waals surface area contributed by atoms with Crippen LogP contribution in [-0.2, 0) is 0 Å².